The van der Waals surface area contributed by atoms with Gasteiger partial charge in [-0.1, -0.05) is 37.6 Å². The maximum Gasteiger partial charge on any atom is 0.152 e. The van der Waals surface area contributed by atoms with E-state index in [0.29, 0.717) is 12.2 Å². The molecule has 100 valence electrons. The molecule has 18 heavy (non-hydrogen) atoms. The fourth-order valence-electron chi connectivity index (χ4n) is 2.38. The molecule has 1 aromatic rings. The van der Waals surface area contributed by atoms with Crippen LogP contribution in [0.25, 0.3) is 0 Å². The van der Waals surface area contributed by atoms with Crippen LogP contribution in [0.2, 0.25) is 0 Å². The first-order valence-corrected chi connectivity index (χ1v) is 8.45. The highest BCUT2D eigenvalue weighted by Gasteiger charge is 2.23. The maximum atomic E-state index is 11.8. The van der Waals surface area contributed by atoms with Crippen molar-refractivity contribution >= 4 is 9.84 Å². The molecule has 1 aliphatic heterocycles. The molecule has 1 unspecified atom stereocenters. The summed E-state index contributed by atoms with van der Waals surface area (Å²) in [5, 5.41) is 3.33. The first kappa shape index (κ1) is 13.6. The number of benzene rings is 1. The maximum absolute atomic E-state index is 11.8. The van der Waals surface area contributed by atoms with E-state index >= 15 is 0 Å². The predicted octanol–water partition coefficient (Wildman–Crippen LogP) is 2.09. The molecule has 1 heterocycles. The number of aryl methyl sites for hydroxylation is 1. The second-order valence-electron chi connectivity index (χ2n) is 4.97. The van der Waals surface area contributed by atoms with Crippen LogP contribution in [0.1, 0.15) is 36.9 Å². The molecule has 0 aliphatic carbocycles. The summed E-state index contributed by atoms with van der Waals surface area (Å²) in [6.07, 6.45) is 2.93. The second kappa shape index (κ2) is 5.85. The Morgan fingerprint density at radius 3 is 2.67 bits per heavy atom. The molecule has 1 aromatic carbocycles. The Balaban J connectivity index is 2.14. The van der Waals surface area contributed by atoms with Gasteiger partial charge in [0.05, 0.1) is 11.5 Å². The van der Waals surface area contributed by atoms with E-state index in [0.717, 1.165) is 24.9 Å². The molecular formula is C14H21NO2S. The lowest BCUT2D eigenvalue weighted by Crippen LogP contribution is -2.25. The Hall–Kier alpha value is -0.870. The average molecular weight is 267 g/mol. The number of hydrogen-bond acceptors (Lipinski definition) is 3. The Kier molecular flexibility index (Phi) is 4.40. The normalized spacial score (nSPS) is 23.5. The van der Waals surface area contributed by atoms with Crippen molar-refractivity contribution in [1.82, 2.24) is 5.32 Å². The van der Waals surface area contributed by atoms with Crippen molar-refractivity contribution in [3.63, 3.8) is 0 Å². The highest BCUT2D eigenvalue weighted by atomic mass is 32.2. The summed E-state index contributed by atoms with van der Waals surface area (Å²) in [5.74, 6) is 0.532. The first-order valence-electron chi connectivity index (χ1n) is 6.63. The minimum absolute atomic E-state index is 0.0480. The molecule has 1 N–H and O–H groups in total. The van der Waals surface area contributed by atoms with Crippen molar-refractivity contribution in [1.29, 1.82) is 0 Å². The summed E-state index contributed by atoms with van der Waals surface area (Å²) in [7, 11) is -2.90. The number of hydrogen-bond donors (Lipinski definition) is 1. The van der Waals surface area contributed by atoms with Gasteiger partial charge in [-0.25, -0.2) is 8.42 Å². The van der Waals surface area contributed by atoms with E-state index in [4.69, 9.17) is 0 Å². The SMILES string of the molecule is CCCc1ccc(C2CS(=O)(=O)CCCN2)cc1. The third-order valence-corrected chi connectivity index (χ3v) is 5.12. The molecule has 0 amide bonds. The van der Waals surface area contributed by atoms with Gasteiger partial charge >= 0.3 is 0 Å². The van der Waals surface area contributed by atoms with Crippen molar-refractivity contribution in [3.8, 4) is 0 Å². The van der Waals surface area contributed by atoms with Gasteiger partial charge in [-0.2, -0.15) is 0 Å². The summed E-state index contributed by atoms with van der Waals surface area (Å²) in [6.45, 7) is 2.94. The van der Waals surface area contributed by atoms with Gasteiger partial charge in [0.15, 0.2) is 9.84 Å². The van der Waals surface area contributed by atoms with Crippen molar-refractivity contribution < 1.29 is 8.42 Å². The third-order valence-electron chi connectivity index (χ3n) is 3.36. The van der Waals surface area contributed by atoms with Crippen LogP contribution < -0.4 is 5.32 Å². The molecule has 0 spiro atoms. The lowest BCUT2D eigenvalue weighted by molar-refractivity contribution is 0.572. The third kappa shape index (κ3) is 3.56. The largest absolute Gasteiger partial charge is 0.309 e. The van der Waals surface area contributed by atoms with Crippen LogP contribution in [0.15, 0.2) is 24.3 Å². The van der Waals surface area contributed by atoms with Gasteiger partial charge in [0.2, 0.25) is 0 Å². The molecule has 3 nitrogen and oxygen atoms in total. The van der Waals surface area contributed by atoms with E-state index in [9.17, 15) is 8.42 Å². The smallest absolute Gasteiger partial charge is 0.152 e. The quantitative estimate of drug-likeness (QED) is 0.912. The standard InChI is InChI=1S/C14H21NO2S/c1-2-4-12-5-7-13(8-6-12)14-11-18(16,17)10-3-9-15-14/h5-8,14-15H,2-4,9-11H2,1H3. The van der Waals surface area contributed by atoms with E-state index in [1.54, 1.807) is 0 Å². The van der Waals surface area contributed by atoms with Crippen molar-refractivity contribution in [2.45, 2.75) is 32.2 Å². The van der Waals surface area contributed by atoms with E-state index in [1.807, 2.05) is 0 Å². The van der Waals surface area contributed by atoms with Crippen LogP contribution in [0.5, 0.6) is 0 Å². The van der Waals surface area contributed by atoms with Gasteiger partial charge in [0.1, 0.15) is 0 Å². The van der Waals surface area contributed by atoms with Gasteiger partial charge in [-0.3, -0.25) is 0 Å². The zero-order valence-corrected chi connectivity index (χ0v) is 11.7. The molecule has 1 saturated heterocycles. The lowest BCUT2D eigenvalue weighted by Gasteiger charge is -2.16. The predicted molar refractivity (Wildman–Crippen MR) is 74.5 cm³/mol. The Labute approximate surface area is 110 Å². The van der Waals surface area contributed by atoms with Gasteiger partial charge in [0.25, 0.3) is 0 Å². The minimum atomic E-state index is -2.90. The zero-order valence-electron chi connectivity index (χ0n) is 10.9. The number of sulfone groups is 1. The van der Waals surface area contributed by atoms with Crippen LogP contribution >= 0.6 is 0 Å². The summed E-state index contributed by atoms with van der Waals surface area (Å²) >= 11 is 0. The Bertz CT molecular complexity index is 479. The molecule has 1 fully saturated rings. The van der Waals surface area contributed by atoms with E-state index in [1.165, 1.54) is 5.56 Å². The molecule has 0 saturated carbocycles. The van der Waals surface area contributed by atoms with E-state index in [2.05, 4.69) is 36.5 Å². The van der Waals surface area contributed by atoms with Crippen LogP contribution in [-0.2, 0) is 16.3 Å². The van der Waals surface area contributed by atoms with Gasteiger partial charge < -0.3 is 5.32 Å². The lowest BCUT2D eigenvalue weighted by atomic mass is 10.0. The van der Waals surface area contributed by atoms with Crippen molar-refractivity contribution in [3.05, 3.63) is 35.4 Å². The molecule has 0 bridgehead atoms. The Morgan fingerprint density at radius 2 is 2.00 bits per heavy atom. The number of nitrogens with one attached hydrogen (secondary N) is 1. The van der Waals surface area contributed by atoms with Crippen molar-refractivity contribution in [2.24, 2.45) is 0 Å². The highest BCUT2D eigenvalue weighted by Crippen LogP contribution is 2.19. The van der Waals surface area contributed by atoms with Gasteiger partial charge in [0, 0.05) is 6.04 Å². The Morgan fingerprint density at radius 1 is 1.28 bits per heavy atom. The van der Waals surface area contributed by atoms with Gasteiger partial charge in [-0.15, -0.1) is 0 Å². The molecule has 0 radical (unpaired) electrons. The average Bonchev–Trinajstić information content (AvgIpc) is 2.52. The molecule has 0 aromatic heterocycles. The van der Waals surface area contributed by atoms with Crippen LogP contribution in [0.3, 0.4) is 0 Å². The second-order valence-corrected chi connectivity index (χ2v) is 7.19. The van der Waals surface area contributed by atoms with E-state index in [-0.39, 0.29) is 11.8 Å². The monoisotopic (exact) mass is 267 g/mol. The molecule has 1 aliphatic rings. The summed E-state index contributed by atoms with van der Waals surface area (Å²) in [6, 6.07) is 8.29. The van der Waals surface area contributed by atoms with Crippen LogP contribution in [-0.4, -0.2) is 26.5 Å². The first-order chi connectivity index (χ1) is 8.61. The molecule has 4 heteroatoms. The van der Waals surface area contributed by atoms with Crippen LogP contribution in [0.4, 0.5) is 0 Å². The van der Waals surface area contributed by atoms with Crippen molar-refractivity contribution in [2.75, 3.05) is 18.1 Å². The van der Waals surface area contributed by atoms with E-state index < -0.39 is 9.84 Å². The number of rotatable bonds is 3. The molecular weight excluding hydrogens is 246 g/mol. The minimum Gasteiger partial charge on any atom is -0.309 e. The summed E-state index contributed by atoms with van der Waals surface area (Å²) < 4.78 is 23.6. The zero-order chi connectivity index (χ0) is 13.0. The van der Waals surface area contributed by atoms with Gasteiger partial charge in [-0.05, 0) is 30.5 Å². The fraction of sp³-hybridized carbons (Fsp3) is 0.571. The molecule has 1 atom stereocenters. The fourth-order valence-corrected chi connectivity index (χ4v) is 3.95. The topological polar surface area (TPSA) is 46.2 Å². The summed E-state index contributed by atoms with van der Waals surface area (Å²) in [4.78, 5) is 0. The highest BCUT2D eigenvalue weighted by molar-refractivity contribution is 7.91. The summed E-state index contributed by atoms with van der Waals surface area (Å²) in [5.41, 5.74) is 2.40. The molecule has 2 rings (SSSR count). The van der Waals surface area contributed by atoms with Crippen LogP contribution in [0, 0.1) is 0 Å².